The summed E-state index contributed by atoms with van der Waals surface area (Å²) in [6, 6.07) is 5.90. The van der Waals surface area contributed by atoms with E-state index in [1.807, 2.05) is 18.2 Å². The van der Waals surface area contributed by atoms with Gasteiger partial charge in [0.05, 0.1) is 0 Å². The molecular weight excluding hydrogens is 150 g/mol. The Labute approximate surface area is 73.2 Å². The van der Waals surface area contributed by atoms with Gasteiger partial charge in [-0.3, -0.25) is 0 Å². The van der Waals surface area contributed by atoms with Gasteiger partial charge in [0.15, 0.2) is 0 Å². The van der Waals surface area contributed by atoms with Crippen LogP contribution in [0.3, 0.4) is 0 Å². The Balaban J connectivity index is 2.66. The maximum atomic E-state index is 5.47. The van der Waals surface area contributed by atoms with E-state index in [0.29, 0.717) is 6.54 Å². The molecule has 0 radical (unpaired) electrons. The van der Waals surface area contributed by atoms with Crippen LogP contribution in [0.15, 0.2) is 24.4 Å². The molecule has 0 fully saturated rings. The third kappa shape index (κ3) is 2.20. The molecule has 0 unspecified atom stereocenters. The van der Waals surface area contributed by atoms with Crippen molar-refractivity contribution in [3.63, 3.8) is 0 Å². The summed E-state index contributed by atoms with van der Waals surface area (Å²) in [7, 11) is 0. The van der Waals surface area contributed by atoms with Crippen LogP contribution in [-0.4, -0.2) is 24.6 Å². The van der Waals surface area contributed by atoms with Gasteiger partial charge in [0.1, 0.15) is 5.82 Å². The Bertz CT molecular complexity index is 210. The molecule has 0 aromatic carbocycles. The van der Waals surface area contributed by atoms with Gasteiger partial charge in [0.2, 0.25) is 0 Å². The summed E-state index contributed by atoms with van der Waals surface area (Å²) < 4.78 is 0. The van der Waals surface area contributed by atoms with Crippen molar-refractivity contribution in [1.29, 1.82) is 0 Å². The van der Waals surface area contributed by atoms with Crippen LogP contribution >= 0.6 is 0 Å². The minimum atomic E-state index is 0.671. The van der Waals surface area contributed by atoms with Gasteiger partial charge in [0.25, 0.3) is 0 Å². The molecule has 0 saturated carbocycles. The van der Waals surface area contributed by atoms with E-state index in [0.717, 1.165) is 18.9 Å². The highest BCUT2D eigenvalue weighted by Gasteiger charge is 2.01. The molecule has 0 bridgehead atoms. The third-order valence-corrected chi connectivity index (χ3v) is 1.75. The Hall–Kier alpha value is -1.09. The number of hydrogen-bond donors (Lipinski definition) is 1. The number of rotatable bonds is 4. The first kappa shape index (κ1) is 9.00. The predicted octanol–water partition coefficient (Wildman–Crippen LogP) is 0.867. The highest BCUT2D eigenvalue weighted by Crippen LogP contribution is 2.06. The van der Waals surface area contributed by atoms with Crippen LogP contribution in [0.2, 0.25) is 0 Å². The van der Waals surface area contributed by atoms with E-state index in [4.69, 9.17) is 5.73 Å². The van der Waals surface area contributed by atoms with Crippen LogP contribution in [0, 0.1) is 0 Å². The van der Waals surface area contributed by atoms with Crippen molar-refractivity contribution in [3.05, 3.63) is 24.4 Å². The smallest absolute Gasteiger partial charge is 0.128 e. The van der Waals surface area contributed by atoms with Crippen molar-refractivity contribution in [2.75, 3.05) is 24.5 Å². The minimum Gasteiger partial charge on any atom is -0.356 e. The van der Waals surface area contributed by atoms with Crippen LogP contribution in [0.1, 0.15) is 6.92 Å². The van der Waals surface area contributed by atoms with Crippen LogP contribution in [-0.2, 0) is 0 Å². The van der Waals surface area contributed by atoms with Gasteiger partial charge in [-0.2, -0.15) is 0 Å². The van der Waals surface area contributed by atoms with Crippen molar-refractivity contribution in [2.24, 2.45) is 5.73 Å². The van der Waals surface area contributed by atoms with Gasteiger partial charge >= 0.3 is 0 Å². The molecule has 0 amide bonds. The fourth-order valence-corrected chi connectivity index (χ4v) is 1.13. The Morgan fingerprint density at radius 1 is 1.50 bits per heavy atom. The van der Waals surface area contributed by atoms with E-state index < -0.39 is 0 Å². The first-order chi connectivity index (χ1) is 5.88. The van der Waals surface area contributed by atoms with Gasteiger partial charge in [0, 0.05) is 25.8 Å². The van der Waals surface area contributed by atoms with Crippen LogP contribution in [0.25, 0.3) is 0 Å². The molecule has 0 spiro atoms. The Kier molecular flexibility index (Phi) is 3.54. The average molecular weight is 165 g/mol. The molecule has 0 atom stereocenters. The van der Waals surface area contributed by atoms with E-state index in [-0.39, 0.29) is 0 Å². The van der Waals surface area contributed by atoms with Crippen molar-refractivity contribution >= 4 is 5.82 Å². The highest BCUT2D eigenvalue weighted by molar-refractivity contribution is 5.37. The maximum absolute atomic E-state index is 5.47. The molecule has 0 aliphatic carbocycles. The number of nitrogens with zero attached hydrogens (tertiary/aromatic N) is 2. The van der Waals surface area contributed by atoms with E-state index in [2.05, 4.69) is 16.8 Å². The van der Waals surface area contributed by atoms with Gasteiger partial charge in [-0.05, 0) is 19.1 Å². The summed E-state index contributed by atoms with van der Waals surface area (Å²) in [5, 5.41) is 0. The first-order valence-electron chi connectivity index (χ1n) is 4.24. The second kappa shape index (κ2) is 4.72. The highest BCUT2D eigenvalue weighted by atomic mass is 15.2. The largest absolute Gasteiger partial charge is 0.356 e. The molecule has 3 nitrogen and oxygen atoms in total. The molecule has 2 N–H and O–H groups in total. The van der Waals surface area contributed by atoms with Gasteiger partial charge in [-0.25, -0.2) is 4.98 Å². The van der Waals surface area contributed by atoms with Crippen molar-refractivity contribution < 1.29 is 0 Å². The second-order valence-corrected chi connectivity index (χ2v) is 2.56. The molecule has 0 aliphatic rings. The zero-order valence-corrected chi connectivity index (χ0v) is 7.40. The minimum absolute atomic E-state index is 0.671. The standard InChI is InChI=1S/C9H15N3/c1-2-12(8-6-10)9-5-3-4-7-11-9/h3-5,7H,2,6,8,10H2,1H3. The average Bonchev–Trinajstić information content (AvgIpc) is 2.15. The summed E-state index contributed by atoms with van der Waals surface area (Å²) in [5.74, 6) is 1.01. The Morgan fingerprint density at radius 3 is 2.83 bits per heavy atom. The zero-order valence-electron chi connectivity index (χ0n) is 7.40. The molecule has 1 aromatic heterocycles. The van der Waals surface area contributed by atoms with Crippen LogP contribution in [0.4, 0.5) is 5.82 Å². The summed E-state index contributed by atoms with van der Waals surface area (Å²) >= 11 is 0. The lowest BCUT2D eigenvalue weighted by Gasteiger charge is -2.20. The lowest BCUT2D eigenvalue weighted by Crippen LogP contribution is -2.29. The predicted molar refractivity (Wildman–Crippen MR) is 51.2 cm³/mol. The molecule has 1 heterocycles. The normalized spacial score (nSPS) is 9.83. The van der Waals surface area contributed by atoms with Crippen molar-refractivity contribution in [3.8, 4) is 0 Å². The molecule has 12 heavy (non-hydrogen) atoms. The summed E-state index contributed by atoms with van der Waals surface area (Å²) in [6.07, 6.45) is 1.80. The number of aromatic nitrogens is 1. The number of likely N-dealkylation sites (N-methyl/N-ethyl adjacent to an activating group) is 1. The number of anilines is 1. The zero-order chi connectivity index (χ0) is 8.81. The van der Waals surface area contributed by atoms with Gasteiger partial charge in [-0.1, -0.05) is 6.07 Å². The monoisotopic (exact) mass is 165 g/mol. The lowest BCUT2D eigenvalue weighted by atomic mass is 10.4. The Morgan fingerprint density at radius 2 is 2.33 bits per heavy atom. The molecule has 66 valence electrons. The molecule has 0 saturated heterocycles. The topological polar surface area (TPSA) is 42.1 Å². The quantitative estimate of drug-likeness (QED) is 0.719. The van der Waals surface area contributed by atoms with Gasteiger partial charge in [-0.15, -0.1) is 0 Å². The summed E-state index contributed by atoms with van der Waals surface area (Å²) in [4.78, 5) is 6.39. The first-order valence-corrected chi connectivity index (χ1v) is 4.24. The van der Waals surface area contributed by atoms with E-state index in [1.54, 1.807) is 6.20 Å². The van der Waals surface area contributed by atoms with Gasteiger partial charge < -0.3 is 10.6 Å². The summed E-state index contributed by atoms with van der Waals surface area (Å²) in [6.45, 7) is 4.59. The van der Waals surface area contributed by atoms with Crippen molar-refractivity contribution in [2.45, 2.75) is 6.92 Å². The number of pyridine rings is 1. The number of nitrogens with two attached hydrogens (primary N) is 1. The summed E-state index contributed by atoms with van der Waals surface area (Å²) in [5.41, 5.74) is 5.47. The molecule has 3 heteroatoms. The lowest BCUT2D eigenvalue weighted by molar-refractivity contribution is 0.802. The third-order valence-electron chi connectivity index (χ3n) is 1.75. The SMILES string of the molecule is CCN(CCN)c1ccccn1. The number of hydrogen-bond acceptors (Lipinski definition) is 3. The molecular formula is C9H15N3. The molecule has 1 aromatic rings. The van der Waals surface area contributed by atoms with Crippen LogP contribution < -0.4 is 10.6 Å². The second-order valence-electron chi connectivity index (χ2n) is 2.56. The molecule has 1 rings (SSSR count). The fourth-order valence-electron chi connectivity index (χ4n) is 1.13. The fraction of sp³-hybridized carbons (Fsp3) is 0.444. The molecule has 0 aliphatic heterocycles. The van der Waals surface area contributed by atoms with E-state index in [9.17, 15) is 0 Å². The van der Waals surface area contributed by atoms with E-state index in [1.165, 1.54) is 0 Å². The van der Waals surface area contributed by atoms with E-state index >= 15 is 0 Å². The van der Waals surface area contributed by atoms with Crippen molar-refractivity contribution in [1.82, 2.24) is 4.98 Å². The maximum Gasteiger partial charge on any atom is 0.128 e. The van der Waals surface area contributed by atoms with Crippen LogP contribution in [0.5, 0.6) is 0 Å².